The van der Waals surface area contributed by atoms with Crippen molar-refractivity contribution in [3.05, 3.63) is 15.6 Å². The standard InChI is InChI=1S/C13H20N2O2S/c1-9-11(7-13(16)17)18-12(15-9)8-14-10-5-3-2-4-6-10/h10,14H,2-8H2,1H3,(H,16,17). The van der Waals surface area contributed by atoms with Crippen LogP contribution in [0, 0.1) is 6.92 Å². The number of carboxylic acids is 1. The highest BCUT2D eigenvalue weighted by Crippen LogP contribution is 2.21. The van der Waals surface area contributed by atoms with E-state index in [0.717, 1.165) is 22.1 Å². The molecule has 1 heterocycles. The summed E-state index contributed by atoms with van der Waals surface area (Å²) in [4.78, 5) is 16.0. The number of carbonyl (C=O) groups is 1. The molecule has 0 atom stereocenters. The van der Waals surface area contributed by atoms with Gasteiger partial charge in [0.2, 0.25) is 0 Å². The van der Waals surface area contributed by atoms with E-state index in [-0.39, 0.29) is 6.42 Å². The number of rotatable bonds is 5. The van der Waals surface area contributed by atoms with E-state index in [4.69, 9.17) is 5.11 Å². The van der Waals surface area contributed by atoms with Crippen LogP contribution in [-0.2, 0) is 17.8 Å². The molecular weight excluding hydrogens is 248 g/mol. The zero-order chi connectivity index (χ0) is 13.0. The van der Waals surface area contributed by atoms with E-state index in [9.17, 15) is 4.79 Å². The Morgan fingerprint density at radius 1 is 1.44 bits per heavy atom. The molecule has 0 spiro atoms. The van der Waals surface area contributed by atoms with Crippen LogP contribution in [0.5, 0.6) is 0 Å². The zero-order valence-corrected chi connectivity index (χ0v) is 11.6. The van der Waals surface area contributed by atoms with Crippen LogP contribution in [-0.4, -0.2) is 22.1 Å². The summed E-state index contributed by atoms with van der Waals surface area (Å²) in [6.45, 7) is 2.66. The van der Waals surface area contributed by atoms with Crippen molar-refractivity contribution in [2.45, 2.75) is 58.0 Å². The van der Waals surface area contributed by atoms with Gasteiger partial charge in [0, 0.05) is 17.5 Å². The molecule has 18 heavy (non-hydrogen) atoms. The van der Waals surface area contributed by atoms with Gasteiger partial charge in [-0.2, -0.15) is 0 Å². The largest absolute Gasteiger partial charge is 0.481 e. The first-order valence-electron chi connectivity index (χ1n) is 6.55. The first-order chi connectivity index (χ1) is 8.65. The molecule has 100 valence electrons. The van der Waals surface area contributed by atoms with Gasteiger partial charge < -0.3 is 10.4 Å². The Balaban J connectivity index is 1.87. The minimum Gasteiger partial charge on any atom is -0.481 e. The van der Waals surface area contributed by atoms with E-state index in [0.29, 0.717) is 6.04 Å². The predicted octanol–water partition coefficient (Wildman–Crippen LogP) is 2.50. The van der Waals surface area contributed by atoms with Crippen molar-refractivity contribution in [2.75, 3.05) is 0 Å². The molecule has 4 nitrogen and oxygen atoms in total. The molecule has 2 N–H and O–H groups in total. The highest BCUT2D eigenvalue weighted by Gasteiger charge is 2.15. The molecule has 1 aromatic heterocycles. The fourth-order valence-corrected chi connectivity index (χ4v) is 3.42. The molecule has 2 rings (SSSR count). The molecule has 0 aromatic carbocycles. The molecule has 0 radical (unpaired) electrons. The second-order valence-electron chi connectivity index (χ2n) is 4.90. The van der Waals surface area contributed by atoms with Gasteiger partial charge in [0.15, 0.2) is 0 Å². The third-order valence-corrected chi connectivity index (χ3v) is 4.55. The summed E-state index contributed by atoms with van der Waals surface area (Å²) in [7, 11) is 0. The minimum atomic E-state index is -0.784. The van der Waals surface area contributed by atoms with Crippen molar-refractivity contribution in [3.63, 3.8) is 0 Å². The minimum absolute atomic E-state index is 0.0902. The molecular formula is C13H20N2O2S. The molecule has 5 heteroatoms. The fourth-order valence-electron chi connectivity index (χ4n) is 2.40. The van der Waals surface area contributed by atoms with Gasteiger partial charge in [0.1, 0.15) is 5.01 Å². The molecule has 0 amide bonds. The van der Waals surface area contributed by atoms with Crippen molar-refractivity contribution in [3.8, 4) is 0 Å². The van der Waals surface area contributed by atoms with Gasteiger partial charge in [-0.3, -0.25) is 4.79 Å². The SMILES string of the molecule is Cc1nc(CNC2CCCCC2)sc1CC(=O)O. The summed E-state index contributed by atoms with van der Waals surface area (Å²) in [6.07, 6.45) is 6.60. The lowest BCUT2D eigenvalue weighted by molar-refractivity contribution is -0.136. The van der Waals surface area contributed by atoms with Crippen LogP contribution >= 0.6 is 11.3 Å². The Kier molecular flexibility index (Phi) is 4.72. The lowest BCUT2D eigenvalue weighted by Crippen LogP contribution is -2.30. The van der Waals surface area contributed by atoms with Gasteiger partial charge >= 0.3 is 5.97 Å². The molecule has 1 aliphatic rings. The van der Waals surface area contributed by atoms with Crippen LogP contribution in [0.3, 0.4) is 0 Å². The topological polar surface area (TPSA) is 62.2 Å². The average Bonchev–Trinajstić information content (AvgIpc) is 2.68. The van der Waals surface area contributed by atoms with Gasteiger partial charge in [-0.15, -0.1) is 11.3 Å². The lowest BCUT2D eigenvalue weighted by Gasteiger charge is -2.22. The van der Waals surface area contributed by atoms with Gasteiger partial charge in [-0.05, 0) is 19.8 Å². The third kappa shape index (κ3) is 3.78. The molecule has 1 aromatic rings. The van der Waals surface area contributed by atoms with E-state index in [1.807, 2.05) is 6.92 Å². The van der Waals surface area contributed by atoms with Gasteiger partial charge in [0.25, 0.3) is 0 Å². The van der Waals surface area contributed by atoms with Gasteiger partial charge in [-0.1, -0.05) is 19.3 Å². The van der Waals surface area contributed by atoms with Gasteiger partial charge in [-0.25, -0.2) is 4.98 Å². The van der Waals surface area contributed by atoms with Crippen molar-refractivity contribution >= 4 is 17.3 Å². The Morgan fingerprint density at radius 2 is 2.17 bits per heavy atom. The summed E-state index contributed by atoms with van der Waals surface area (Å²) in [5.41, 5.74) is 0.864. The van der Waals surface area contributed by atoms with Crippen LogP contribution in [0.15, 0.2) is 0 Å². The molecule has 0 aliphatic heterocycles. The summed E-state index contributed by atoms with van der Waals surface area (Å²) >= 11 is 1.52. The number of hydrogen-bond donors (Lipinski definition) is 2. The van der Waals surface area contributed by atoms with Crippen LogP contribution in [0.2, 0.25) is 0 Å². The Morgan fingerprint density at radius 3 is 2.83 bits per heavy atom. The molecule has 0 bridgehead atoms. The summed E-state index contributed by atoms with van der Waals surface area (Å²) in [5.74, 6) is -0.784. The van der Waals surface area contributed by atoms with E-state index < -0.39 is 5.97 Å². The number of thiazole rings is 1. The van der Waals surface area contributed by atoms with Crippen LogP contribution < -0.4 is 5.32 Å². The number of nitrogens with one attached hydrogen (secondary N) is 1. The number of aromatic nitrogens is 1. The summed E-state index contributed by atoms with van der Waals surface area (Å²) < 4.78 is 0. The first-order valence-corrected chi connectivity index (χ1v) is 7.37. The van der Waals surface area contributed by atoms with E-state index in [2.05, 4.69) is 10.3 Å². The second-order valence-corrected chi connectivity index (χ2v) is 6.07. The lowest BCUT2D eigenvalue weighted by atomic mass is 9.96. The van der Waals surface area contributed by atoms with Crippen LogP contribution in [0.1, 0.15) is 47.7 Å². The monoisotopic (exact) mass is 268 g/mol. The highest BCUT2D eigenvalue weighted by molar-refractivity contribution is 7.11. The summed E-state index contributed by atoms with van der Waals surface area (Å²) in [6, 6.07) is 0.617. The molecule has 1 saturated carbocycles. The smallest absolute Gasteiger partial charge is 0.308 e. The Bertz CT molecular complexity index is 411. The molecule has 1 aliphatic carbocycles. The normalized spacial score (nSPS) is 16.9. The van der Waals surface area contributed by atoms with Crippen LogP contribution in [0.4, 0.5) is 0 Å². The maximum absolute atomic E-state index is 10.7. The predicted molar refractivity (Wildman–Crippen MR) is 71.9 cm³/mol. The number of hydrogen-bond acceptors (Lipinski definition) is 4. The number of carboxylic acid groups (broad SMARTS) is 1. The molecule has 0 unspecified atom stereocenters. The first kappa shape index (κ1) is 13.5. The second kappa shape index (κ2) is 6.29. The van der Waals surface area contributed by atoms with E-state index in [1.54, 1.807) is 0 Å². The summed E-state index contributed by atoms with van der Waals surface area (Å²) in [5, 5.41) is 13.3. The van der Waals surface area contributed by atoms with E-state index >= 15 is 0 Å². The average molecular weight is 268 g/mol. The van der Waals surface area contributed by atoms with Crippen molar-refractivity contribution in [1.29, 1.82) is 0 Å². The Labute approximate surface area is 111 Å². The Hall–Kier alpha value is -0.940. The van der Waals surface area contributed by atoms with E-state index in [1.165, 1.54) is 43.4 Å². The van der Waals surface area contributed by atoms with Gasteiger partial charge in [0.05, 0.1) is 12.1 Å². The van der Waals surface area contributed by atoms with Crippen molar-refractivity contribution in [2.24, 2.45) is 0 Å². The maximum atomic E-state index is 10.7. The fraction of sp³-hybridized carbons (Fsp3) is 0.692. The van der Waals surface area contributed by atoms with Crippen molar-refractivity contribution < 1.29 is 9.90 Å². The molecule has 1 fully saturated rings. The number of aryl methyl sites for hydroxylation is 1. The zero-order valence-electron chi connectivity index (χ0n) is 10.7. The number of nitrogens with zero attached hydrogens (tertiary/aromatic N) is 1. The highest BCUT2D eigenvalue weighted by atomic mass is 32.1. The van der Waals surface area contributed by atoms with Crippen LogP contribution in [0.25, 0.3) is 0 Å². The van der Waals surface area contributed by atoms with Crippen molar-refractivity contribution in [1.82, 2.24) is 10.3 Å². The number of aliphatic carboxylic acids is 1. The third-order valence-electron chi connectivity index (χ3n) is 3.40. The molecule has 0 saturated heterocycles. The quantitative estimate of drug-likeness (QED) is 0.861. The maximum Gasteiger partial charge on any atom is 0.308 e.